The van der Waals surface area contributed by atoms with E-state index < -0.39 is 5.60 Å². The Balaban J connectivity index is 4.24. The van der Waals surface area contributed by atoms with Crippen molar-refractivity contribution in [3.05, 3.63) is 11.6 Å². The minimum Gasteiger partial charge on any atom is -0.444 e. The molecule has 0 radical (unpaired) electrons. The van der Waals surface area contributed by atoms with E-state index in [0.717, 1.165) is 6.42 Å². The van der Waals surface area contributed by atoms with Gasteiger partial charge in [-0.2, -0.15) is 0 Å². The van der Waals surface area contributed by atoms with Gasteiger partial charge in [0, 0.05) is 25.2 Å². The van der Waals surface area contributed by atoms with Crippen LogP contribution < -0.4 is 5.32 Å². The lowest BCUT2D eigenvalue weighted by atomic mass is 10.2. The predicted molar refractivity (Wildman–Crippen MR) is 80.5 cm³/mol. The van der Waals surface area contributed by atoms with Crippen molar-refractivity contribution in [1.82, 2.24) is 10.2 Å². The first-order valence-corrected chi connectivity index (χ1v) is 7.14. The molecule has 0 fully saturated rings. The SMILES string of the molecule is CCC=C(C)C(=O)NCCN(CC)C(=O)OC(C)(C)C. The standard InChI is InChI=1S/C15H28N2O3/c1-7-9-12(3)13(18)16-10-11-17(8-2)14(19)20-15(4,5)6/h9H,7-8,10-11H2,1-6H3,(H,16,18). The molecular weight excluding hydrogens is 256 g/mol. The summed E-state index contributed by atoms with van der Waals surface area (Å²) in [6, 6.07) is 0. The summed E-state index contributed by atoms with van der Waals surface area (Å²) in [7, 11) is 0. The number of likely N-dealkylation sites (N-methyl/N-ethyl adjacent to an activating group) is 1. The molecule has 116 valence electrons. The molecule has 0 aliphatic heterocycles. The molecule has 0 aromatic rings. The lowest BCUT2D eigenvalue weighted by molar-refractivity contribution is -0.117. The molecule has 0 aromatic carbocycles. The fourth-order valence-corrected chi connectivity index (χ4v) is 1.55. The number of amides is 2. The summed E-state index contributed by atoms with van der Waals surface area (Å²) >= 11 is 0. The second kappa shape index (κ2) is 8.61. The van der Waals surface area contributed by atoms with E-state index in [1.54, 1.807) is 11.8 Å². The van der Waals surface area contributed by atoms with E-state index in [9.17, 15) is 9.59 Å². The van der Waals surface area contributed by atoms with Gasteiger partial charge >= 0.3 is 6.09 Å². The van der Waals surface area contributed by atoms with Gasteiger partial charge in [0.2, 0.25) is 5.91 Å². The van der Waals surface area contributed by atoms with Crippen LogP contribution in [0.2, 0.25) is 0 Å². The Labute approximate surface area is 122 Å². The second-order valence-electron chi connectivity index (χ2n) is 5.61. The lowest BCUT2D eigenvalue weighted by Gasteiger charge is -2.26. The molecule has 0 atom stereocenters. The zero-order valence-corrected chi connectivity index (χ0v) is 13.6. The van der Waals surface area contributed by atoms with E-state index in [1.807, 2.05) is 40.7 Å². The van der Waals surface area contributed by atoms with Crippen LogP contribution in [0.3, 0.4) is 0 Å². The number of hydrogen-bond donors (Lipinski definition) is 1. The predicted octanol–water partition coefficient (Wildman–Crippen LogP) is 2.72. The fourth-order valence-electron chi connectivity index (χ4n) is 1.55. The van der Waals surface area contributed by atoms with Crippen LogP contribution in [-0.4, -0.2) is 42.1 Å². The van der Waals surface area contributed by atoms with E-state index in [1.165, 1.54) is 0 Å². The van der Waals surface area contributed by atoms with Gasteiger partial charge in [0.05, 0.1) is 0 Å². The minimum atomic E-state index is -0.506. The van der Waals surface area contributed by atoms with Crippen molar-refractivity contribution in [2.45, 2.75) is 53.6 Å². The summed E-state index contributed by atoms with van der Waals surface area (Å²) in [5.74, 6) is -0.0907. The van der Waals surface area contributed by atoms with Crippen LogP contribution in [0.1, 0.15) is 48.0 Å². The number of rotatable bonds is 6. The second-order valence-corrected chi connectivity index (χ2v) is 5.61. The molecule has 1 N–H and O–H groups in total. The van der Waals surface area contributed by atoms with Crippen LogP contribution >= 0.6 is 0 Å². The Bertz CT molecular complexity index is 357. The summed E-state index contributed by atoms with van der Waals surface area (Å²) < 4.78 is 5.30. The number of allylic oxidation sites excluding steroid dienone is 1. The van der Waals surface area contributed by atoms with Crippen LogP contribution in [0.5, 0.6) is 0 Å². The van der Waals surface area contributed by atoms with Crippen LogP contribution in [0.15, 0.2) is 11.6 Å². The number of ether oxygens (including phenoxy) is 1. The van der Waals surface area contributed by atoms with Crippen molar-refractivity contribution in [1.29, 1.82) is 0 Å². The van der Waals surface area contributed by atoms with Crippen LogP contribution in [0, 0.1) is 0 Å². The molecule has 0 heterocycles. The zero-order chi connectivity index (χ0) is 15.8. The molecule has 0 aliphatic carbocycles. The Kier molecular flexibility index (Phi) is 7.96. The lowest BCUT2D eigenvalue weighted by Crippen LogP contribution is -2.41. The molecule has 0 saturated heterocycles. The number of carbonyl (C=O) groups is 2. The smallest absolute Gasteiger partial charge is 0.410 e. The van der Waals surface area contributed by atoms with Gasteiger partial charge in [-0.3, -0.25) is 4.79 Å². The van der Waals surface area contributed by atoms with Crippen molar-refractivity contribution in [2.75, 3.05) is 19.6 Å². The summed E-state index contributed by atoms with van der Waals surface area (Å²) in [6.07, 6.45) is 2.36. The number of nitrogens with one attached hydrogen (secondary N) is 1. The number of carbonyl (C=O) groups excluding carboxylic acids is 2. The monoisotopic (exact) mass is 284 g/mol. The molecule has 5 nitrogen and oxygen atoms in total. The van der Waals surface area contributed by atoms with Gasteiger partial charge in [0.25, 0.3) is 0 Å². The van der Waals surface area contributed by atoms with E-state index in [4.69, 9.17) is 4.74 Å². The van der Waals surface area contributed by atoms with Crippen LogP contribution in [0.25, 0.3) is 0 Å². The van der Waals surface area contributed by atoms with E-state index >= 15 is 0 Å². The molecule has 2 amide bonds. The van der Waals surface area contributed by atoms with E-state index in [-0.39, 0.29) is 12.0 Å². The largest absolute Gasteiger partial charge is 0.444 e. The van der Waals surface area contributed by atoms with Crippen molar-refractivity contribution in [3.8, 4) is 0 Å². The van der Waals surface area contributed by atoms with Gasteiger partial charge in [0.1, 0.15) is 5.60 Å². The van der Waals surface area contributed by atoms with Crippen LogP contribution in [0.4, 0.5) is 4.79 Å². The average Bonchev–Trinajstić information content (AvgIpc) is 2.32. The first-order chi connectivity index (χ1) is 9.21. The molecule has 0 spiro atoms. The maximum atomic E-state index is 11.9. The minimum absolute atomic E-state index is 0.0907. The average molecular weight is 284 g/mol. The van der Waals surface area contributed by atoms with Crippen molar-refractivity contribution in [2.24, 2.45) is 0 Å². The first-order valence-electron chi connectivity index (χ1n) is 7.14. The van der Waals surface area contributed by atoms with Gasteiger partial charge in [-0.25, -0.2) is 4.79 Å². The summed E-state index contributed by atoms with van der Waals surface area (Å²) in [5, 5.41) is 2.79. The maximum Gasteiger partial charge on any atom is 0.410 e. The highest BCUT2D eigenvalue weighted by atomic mass is 16.6. The highest BCUT2D eigenvalue weighted by Crippen LogP contribution is 2.09. The Hall–Kier alpha value is -1.52. The molecule has 0 saturated carbocycles. The highest BCUT2D eigenvalue weighted by molar-refractivity contribution is 5.92. The molecular formula is C15H28N2O3. The van der Waals surface area contributed by atoms with Crippen molar-refractivity contribution in [3.63, 3.8) is 0 Å². The molecule has 0 bridgehead atoms. The van der Waals surface area contributed by atoms with Crippen molar-refractivity contribution < 1.29 is 14.3 Å². The summed E-state index contributed by atoms with van der Waals surface area (Å²) in [4.78, 5) is 25.1. The summed E-state index contributed by atoms with van der Waals surface area (Å²) in [6.45, 7) is 12.6. The van der Waals surface area contributed by atoms with Gasteiger partial charge < -0.3 is 15.0 Å². The highest BCUT2D eigenvalue weighted by Gasteiger charge is 2.20. The first kappa shape index (κ1) is 18.5. The third-order valence-corrected chi connectivity index (χ3v) is 2.57. The van der Waals surface area contributed by atoms with E-state index in [0.29, 0.717) is 25.2 Å². The Morgan fingerprint density at radius 1 is 1.25 bits per heavy atom. The third-order valence-electron chi connectivity index (χ3n) is 2.57. The van der Waals surface area contributed by atoms with Crippen LogP contribution in [-0.2, 0) is 9.53 Å². The molecule has 0 rings (SSSR count). The molecule has 0 aliphatic rings. The number of nitrogens with zero attached hydrogens (tertiary/aromatic N) is 1. The fraction of sp³-hybridized carbons (Fsp3) is 0.733. The Morgan fingerprint density at radius 2 is 1.85 bits per heavy atom. The molecule has 20 heavy (non-hydrogen) atoms. The Morgan fingerprint density at radius 3 is 2.30 bits per heavy atom. The molecule has 0 aromatic heterocycles. The van der Waals surface area contributed by atoms with Gasteiger partial charge in [-0.05, 0) is 41.0 Å². The summed E-state index contributed by atoms with van der Waals surface area (Å²) in [5.41, 5.74) is 0.196. The molecule has 5 heteroatoms. The molecule has 0 unspecified atom stereocenters. The van der Waals surface area contributed by atoms with Gasteiger partial charge in [-0.15, -0.1) is 0 Å². The normalized spacial score (nSPS) is 12.0. The van der Waals surface area contributed by atoms with Gasteiger partial charge in [0.15, 0.2) is 0 Å². The zero-order valence-electron chi connectivity index (χ0n) is 13.6. The third kappa shape index (κ3) is 7.81. The van der Waals surface area contributed by atoms with E-state index in [2.05, 4.69) is 5.32 Å². The topological polar surface area (TPSA) is 58.6 Å². The van der Waals surface area contributed by atoms with Gasteiger partial charge in [-0.1, -0.05) is 13.0 Å². The number of hydrogen-bond acceptors (Lipinski definition) is 3. The quantitative estimate of drug-likeness (QED) is 0.763. The maximum absolute atomic E-state index is 11.9. The van der Waals surface area contributed by atoms with Crippen molar-refractivity contribution >= 4 is 12.0 Å².